The molecule has 1 aromatic rings. The molecule has 126 valence electrons. The van der Waals surface area contributed by atoms with Crippen LogP contribution in [0.3, 0.4) is 0 Å². The molecule has 0 aliphatic carbocycles. The minimum Gasteiger partial charge on any atom is -0.372 e. The maximum absolute atomic E-state index is 11.8. The van der Waals surface area contributed by atoms with E-state index in [-0.39, 0.29) is 24.3 Å². The molecule has 0 unspecified atom stereocenters. The van der Waals surface area contributed by atoms with Gasteiger partial charge in [0.05, 0.1) is 6.54 Å². The molecule has 5 nitrogen and oxygen atoms in total. The highest BCUT2D eigenvalue weighted by Gasteiger charge is 2.16. The Balaban J connectivity index is 1.82. The van der Waals surface area contributed by atoms with Crippen LogP contribution in [0.4, 0.5) is 11.4 Å². The number of rotatable bonds is 5. The summed E-state index contributed by atoms with van der Waals surface area (Å²) in [5.74, 6) is 0.369. The average molecular weight is 317 g/mol. The molecule has 0 atom stereocenters. The van der Waals surface area contributed by atoms with Gasteiger partial charge in [-0.15, -0.1) is 0 Å². The van der Waals surface area contributed by atoms with E-state index >= 15 is 0 Å². The monoisotopic (exact) mass is 317 g/mol. The SMILES string of the molecule is CC1CCN(c2ccc(NC(=O)CNC(=O)C(C)C)cc2)CC1. The van der Waals surface area contributed by atoms with Crippen LogP contribution < -0.4 is 15.5 Å². The van der Waals surface area contributed by atoms with Gasteiger partial charge in [0.2, 0.25) is 11.8 Å². The zero-order valence-corrected chi connectivity index (χ0v) is 14.3. The summed E-state index contributed by atoms with van der Waals surface area (Å²) in [7, 11) is 0. The zero-order valence-electron chi connectivity index (χ0n) is 14.3. The Hall–Kier alpha value is -2.04. The highest BCUT2D eigenvalue weighted by molar-refractivity contribution is 5.94. The standard InChI is InChI=1S/C18H27N3O2/c1-13(2)18(23)19-12-17(22)20-15-4-6-16(7-5-15)21-10-8-14(3)9-11-21/h4-7,13-14H,8-12H2,1-3H3,(H,19,23)(H,20,22). The van der Waals surface area contributed by atoms with Crippen molar-refractivity contribution >= 4 is 23.2 Å². The van der Waals surface area contributed by atoms with Gasteiger partial charge in [0.25, 0.3) is 0 Å². The van der Waals surface area contributed by atoms with Crippen LogP contribution in [-0.4, -0.2) is 31.4 Å². The van der Waals surface area contributed by atoms with Crippen LogP contribution in [0.15, 0.2) is 24.3 Å². The van der Waals surface area contributed by atoms with Gasteiger partial charge in [-0.25, -0.2) is 0 Å². The van der Waals surface area contributed by atoms with E-state index in [2.05, 4.69) is 22.5 Å². The third-order valence-corrected chi connectivity index (χ3v) is 4.25. The first kappa shape index (κ1) is 17.3. The van der Waals surface area contributed by atoms with Crippen LogP contribution in [0.1, 0.15) is 33.6 Å². The molecule has 1 heterocycles. The lowest BCUT2D eigenvalue weighted by molar-refractivity contribution is -0.126. The number of anilines is 2. The van der Waals surface area contributed by atoms with Gasteiger partial charge in [-0.1, -0.05) is 20.8 Å². The molecule has 1 aliphatic heterocycles. The first-order valence-corrected chi connectivity index (χ1v) is 8.38. The number of hydrogen-bond donors (Lipinski definition) is 2. The van der Waals surface area contributed by atoms with Gasteiger partial charge in [0.1, 0.15) is 0 Å². The van der Waals surface area contributed by atoms with Crippen LogP contribution >= 0.6 is 0 Å². The molecule has 0 spiro atoms. The summed E-state index contributed by atoms with van der Waals surface area (Å²) >= 11 is 0. The van der Waals surface area contributed by atoms with E-state index < -0.39 is 0 Å². The topological polar surface area (TPSA) is 61.4 Å². The molecule has 0 saturated carbocycles. The zero-order chi connectivity index (χ0) is 16.8. The Morgan fingerprint density at radius 3 is 2.35 bits per heavy atom. The molecular weight excluding hydrogens is 290 g/mol. The van der Waals surface area contributed by atoms with Crippen LogP contribution in [0.5, 0.6) is 0 Å². The second-order valence-corrected chi connectivity index (χ2v) is 6.64. The molecule has 1 fully saturated rings. The molecule has 2 amide bonds. The molecule has 2 N–H and O–H groups in total. The second-order valence-electron chi connectivity index (χ2n) is 6.64. The lowest BCUT2D eigenvalue weighted by Crippen LogP contribution is -2.35. The molecule has 1 aromatic carbocycles. The largest absolute Gasteiger partial charge is 0.372 e. The van der Waals surface area contributed by atoms with Crippen molar-refractivity contribution < 1.29 is 9.59 Å². The lowest BCUT2D eigenvalue weighted by atomic mass is 9.99. The molecule has 0 aromatic heterocycles. The number of piperidine rings is 1. The van der Waals surface area contributed by atoms with E-state index in [1.165, 1.54) is 18.5 Å². The number of nitrogens with zero attached hydrogens (tertiary/aromatic N) is 1. The van der Waals surface area contributed by atoms with Crippen molar-refractivity contribution in [1.82, 2.24) is 5.32 Å². The summed E-state index contributed by atoms with van der Waals surface area (Å²) in [5, 5.41) is 5.41. The van der Waals surface area contributed by atoms with Crippen molar-refractivity contribution in [3.63, 3.8) is 0 Å². The number of benzene rings is 1. The lowest BCUT2D eigenvalue weighted by Gasteiger charge is -2.32. The van der Waals surface area contributed by atoms with Crippen LogP contribution in [0.25, 0.3) is 0 Å². The Labute approximate surface area is 138 Å². The number of nitrogens with one attached hydrogen (secondary N) is 2. The molecule has 0 radical (unpaired) electrons. The normalized spacial score (nSPS) is 15.6. The molecule has 23 heavy (non-hydrogen) atoms. The van der Waals surface area contributed by atoms with E-state index in [4.69, 9.17) is 0 Å². The van der Waals surface area contributed by atoms with Crippen molar-refractivity contribution in [2.75, 3.05) is 29.9 Å². The average Bonchev–Trinajstić information content (AvgIpc) is 2.54. The summed E-state index contributed by atoms with van der Waals surface area (Å²) in [4.78, 5) is 25.7. The van der Waals surface area contributed by atoms with Gasteiger partial charge in [-0.3, -0.25) is 9.59 Å². The highest BCUT2D eigenvalue weighted by atomic mass is 16.2. The van der Waals surface area contributed by atoms with E-state index in [0.717, 1.165) is 24.7 Å². The van der Waals surface area contributed by atoms with Crippen LogP contribution in [0, 0.1) is 11.8 Å². The Kier molecular flexibility index (Phi) is 6.02. The summed E-state index contributed by atoms with van der Waals surface area (Å²) in [6.45, 7) is 8.08. The van der Waals surface area contributed by atoms with Gasteiger partial charge in [0.15, 0.2) is 0 Å². The maximum Gasteiger partial charge on any atom is 0.243 e. The highest BCUT2D eigenvalue weighted by Crippen LogP contribution is 2.24. The van der Waals surface area contributed by atoms with Crippen molar-refractivity contribution in [3.8, 4) is 0 Å². The fraction of sp³-hybridized carbons (Fsp3) is 0.556. The molecule has 5 heteroatoms. The number of carbonyl (C=O) groups excluding carboxylic acids is 2. The predicted octanol–water partition coefficient (Wildman–Crippen LogP) is 2.63. The van der Waals surface area contributed by atoms with Crippen LogP contribution in [-0.2, 0) is 9.59 Å². The van der Waals surface area contributed by atoms with Gasteiger partial charge in [-0.2, -0.15) is 0 Å². The smallest absolute Gasteiger partial charge is 0.243 e. The van der Waals surface area contributed by atoms with E-state index in [1.54, 1.807) is 13.8 Å². The van der Waals surface area contributed by atoms with Crippen molar-refractivity contribution in [2.45, 2.75) is 33.6 Å². The van der Waals surface area contributed by atoms with Crippen molar-refractivity contribution in [3.05, 3.63) is 24.3 Å². The predicted molar refractivity (Wildman–Crippen MR) is 93.5 cm³/mol. The second kappa shape index (κ2) is 7.99. The van der Waals surface area contributed by atoms with Gasteiger partial charge in [-0.05, 0) is 43.0 Å². The molecule has 1 aliphatic rings. The molecule has 1 saturated heterocycles. The van der Waals surface area contributed by atoms with Gasteiger partial charge >= 0.3 is 0 Å². The van der Waals surface area contributed by atoms with Crippen molar-refractivity contribution in [2.24, 2.45) is 11.8 Å². The number of hydrogen-bond acceptors (Lipinski definition) is 3. The third kappa shape index (κ3) is 5.27. The van der Waals surface area contributed by atoms with E-state index in [9.17, 15) is 9.59 Å². The molecule has 2 rings (SSSR count). The first-order valence-electron chi connectivity index (χ1n) is 8.38. The Morgan fingerprint density at radius 2 is 1.78 bits per heavy atom. The van der Waals surface area contributed by atoms with E-state index in [0.29, 0.717) is 0 Å². The minimum atomic E-state index is -0.210. The van der Waals surface area contributed by atoms with E-state index in [1.807, 2.05) is 24.3 Å². The quantitative estimate of drug-likeness (QED) is 0.877. The summed E-state index contributed by atoms with van der Waals surface area (Å²) < 4.78 is 0. The van der Waals surface area contributed by atoms with Gasteiger partial charge < -0.3 is 15.5 Å². The van der Waals surface area contributed by atoms with Gasteiger partial charge in [0, 0.05) is 30.4 Å². The molecule has 0 bridgehead atoms. The summed E-state index contributed by atoms with van der Waals surface area (Å²) in [5.41, 5.74) is 1.95. The number of carbonyl (C=O) groups is 2. The number of amides is 2. The maximum atomic E-state index is 11.8. The minimum absolute atomic E-state index is 0.00276. The fourth-order valence-corrected chi connectivity index (χ4v) is 2.60. The van der Waals surface area contributed by atoms with Crippen LogP contribution in [0.2, 0.25) is 0 Å². The summed E-state index contributed by atoms with van der Waals surface area (Å²) in [6, 6.07) is 7.90. The molecular formula is C18H27N3O2. The van der Waals surface area contributed by atoms with Crippen molar-refractivity contribution in [1.29, 1.82) is 0 Å². The third-order valence-electron chi connectivity index (χ3n) is 4.25. The fourth-order valence-electron chi connectivity index (χ4n) is 2.60. The first-order chi connectivity index (χ1) is 11.0. The Bertz CT molecular complexity index is 532. The summed E-state index contributed by atoms with van der Waals surface area (Å²) in [6.07, 6.45) is 2.46. The Morgan fingerprint density at radius 1 is 1.17 bits per heavy atom.